The van der Waals surface area contributed by atoms with E-state index in [1.807, 2.05) is 25.3 Å². The number of likely N-dealkylation sites (tertiary alicyclic amines) is 1. The Hall–Kier alpha value is -2.47. The van der Waals surface area contributed by atoms with Crippen molar-refractivity contribution in [2.75, 3.05) is 31.1 Å². The molecule has 1 aliphatic rings. The van der Waals surface area contributed by atoms with Gasteiger partial charge >= 0.3 is 0 Å². The van der Waals surface area contributed by atoms with Gasteiger partial charge in [-0.15, -0.1) is 0 Å². The fourth-order valence-electron chi connectivity index (χ4n) is 4.45. The maximum atomic E-state index is 13.7. The maximum absolute atomic E-state index is 13.7. The zero-order valence-corrected chi connectivity index (χ0v) is 27.1. The molecule has 1 aromatic carbocycles. The van der Waals surface area contributed by atoms with Gasteiger partial charge in [0.25, 0.3) is 0 Å². The molecule has 3 rings (SSSR count). The number of anilines is 1. The largest absolute Gasteiger partial charge is 0.372 e. The average molecular weight is 559 g/mol. The lowest BCUT2D eigenvalue weighted by Gasteiger charge is -2.30. The normalized spacial score (nSPS) is 13.9. The average Bonchev–Trinajstić information content (AvgIpc) is 2.92. The van der Waals surface area contributed by atoms with Crippen LogP contribution in [0.1, 0.15) is 103 Å². The summed E-state index contributed by atoms with van der Waals surface area (Å²) in [6, 6.07) is 7.82. The smallest absolute Gasteiger partial charge is 0.204 e. The molecule has 2 N–H and O–H groups in total. The molecule has 1 unspecified atom stereocenters. The summed E-state index contributed by atoms with van der Waals surface area (Å²) in [6.45, 7) is 24.8. The molecule has 1 fully saturated rings. The van der Waals surface area contributed by atoms with Gasteiger partial charge in [-0.3, -0.25) is 9.69 Å². The molecule has 2 aromatic rings. The minimum Gasteiger partial charge on any atom is -0.372 e. The van der Waals surface area contributed by atoms with Crippen LogP contribution in [0.4, 0.5) is 10.2 Å². The number of carbonyl (C=O) groups excluding carboxylic acids is 1. The number of aryl methyl sites for hydroxylation is 3. The summed E-state index contributed by atoms with van der Waals surface area (Å²) in [6.07, 6.45) is 9.48. The Bertz CT molecular complexity index is 928. The summed E-state index contributed by atoms with van der Waals surface area (Å²) in [5.41, 5.74) is 8.64. The third-order valence-electron chi connectivity index (χ3n) is 7.02. The number of pyridine rings is 1. The van der Waals surface area contributed by atoms with Gasteiger partial charge in [0.15, 0.2) is 0 Å². The highest BCUT2D eigenvalue weighted by Gasteiger charge is 2.17. The predicted octanol–water partition coefficient (Wildman–Crippen LogP) is 8.10. The summed E-state index contributed by atoms with van der Waals surface area (Å²) in [5, 5.41) is 0. The van der Waals surface area contributed by atoms with Gasteiger partial charge in [0.1, 0.15) is 11.6 Å². The first-order chi connectivity index (χ1) is 19.1. The first-order valence-electron chi connectivity index (χ1n) is 15.4. The van der Waals surface area contributed by atoms with E-state index in [1.54, 1.807) is 6.07 Å². The van der Waals surface area contributed by atoms with Crippen LogP contribution in [0.15, 0.2) is 30.5 Å². The molecule has 2 heterocycles. The Labute approximate surface area is 245 Å². The van der Waals surface area contributed by atoms with E-state index in [2.05, 4.69) is 82.0 Å². The molecule has 1 atom stereocenters. The minimum absolute atomic E-state index is 0.0568. The number of primary amides is 1. The highest BCUT2D eigenvalue weighted by molar-refractivity contribution is 5.47. The predicted molar refractivity (Wildman–Crippen MR) is 171 cm³/mol. The van der Waals surface area contributed by atoms with Crippen molar-refractivity contribution in [1.29, 1.82) is 0 Å². The molecule has 6 heteroatoms. The summed E-state index contributed by atoms with van der Waals surface area (Å²) in [5.74, 6) is 2.68. The SMILES string of the molecule is CCC.CCCN(CC(C)CC)c1ncc(CC)cc1C.Cc1ccc(CN2CCC(C)CC2)c(F)c1.NC=O. The first kappa shape index (κ1) is 37.5. The molecular weight excluding hydrogens is 499 g/mol. The third-order valence-corrected chi connectivity index (χ3v) is 7.02. The lowest BCUT2D eigenvalue weighted by Crippen LogP contribution is -2.32. The van der Waals surface area contributed by atoms with Crippen molar-refractivity contribution in [2.24, 2.45) is 17.6 Å². The quantitative estimate of drug-likeness (QED) is 0.316. The van der Waals surface area contributed by atoms with Crippen molar-refractivity contribution in [3.05, 3.63) is 58.5 Å². The Morgan fingerprint density at radius 1 is 1.12 bits per heavy atom. The molecule has 0 aliphatic carbocycles. The van der Waals surface area contributed by atoms with Crippen LogP contribution >= 0.6 is 0 Å². The van der Waals surface area contributed by atoms with Gasteiger partial charge in [0.05, 0.1) is 0 Å². The molecule has 1 aliphatic heterocycles. The molecule has 228 valence electrons. The zero-order valence-electron chi connectivity index (χ0n) is 27.1. The molecule has 1 amide bonds. The standard InChI is InChI=1S/C16H28N2.C14H20FN.C3H8.CH3NO/c1-6-9-18(12-13(4)7-2)16-14(5)10-15(8-3)11-17-16;1-11-5-7-16(8-6-11)10-13-4-3-12(2)9-14(13)15;1-3-2;2-1-3/h10-11,13H,6-9,12H2,1-5H3;3-4,9,11H,5-8,10H2,1-2H3;3H2,1-2H3;1H,(H2,2,3). The molecule has 0 spiro atoms. The number of piperidine rings is 1. The summed E-state index contributed by atoms with van der Waals surface area (Å²) >= 11 is 0. The van der Waals surface area contributed by atoms with Crippen LogP contribution in [-0.4, -0.2) is 42.5 Å². The number of hydrogen-bond donors (Lipinski definition) is 1. The summed E-state index contributed by atoms with van der Waals surface area (Å²) in [4.78, 5) is 18.1. The van der Waals surface area contributed by atoms with E-state index in [9.17, 15) is 4.39 Å². The van der Waals surface area contributed by atoms with Crippen LogP contribution in [0.25, 0.3) is 0 Å². The minimum atomic E-state index is -0.0568. The number of carbonyl (C=O) groups is 1. The van der Waals surface area contributed by atoms with E-state index in [-0.39, 0.29) is 12.2 Å². The number of rotatable bonds is 9. The van der Waals surface area contributed by atoms with Crippen molar-refractivity contribution < 1.29 is 9.18 Å². The van der Waals surface area contributed by atoms with E-state index in [0.29, 0.717) is 0 Å². The van der Waals surface area contributed by atoms with Gasteiger partial charge in [-0.25, -0.2) is 9.37 Å². The van der Waals surface area contributed by atoms with E-state index in [0.717, 1.165) is 62.1 Å². The lowest BCUT2D eigenvalue weighted by molar-refractivity contribution is -0.106. The highest BCUT2D eigenvalue weighted by Crippen LogP contribution is 2.21. The number of amides is 1. The van der Waals surface area contributed by atoms with Gasteiger partial charge in [0.2, 0.25) is 6.41 Å². The van der Waals surface area contributed by atoms with Crippen LogP contribution in [0.3, 0.4) is 0 Å². The second kappa shape index (κ2) is 22.2. The molecule has 40 heavy (non-hydrogen) atoms. The van der Waals surface area contributed by atoms with Crippen LogP contribution in [0.2, 0.25) is 0 Å². The van der Waals surface area contributed by atoms with Crippen molar-refractivity contribution in [2.45, 2.75) is 107 Å². The Kier molecular flexibility index (Phi) is 20.9. The first-order valence-corrected chi connectivity index (χ1v) is 15.4. The van der Waals surface area contributed by atoms with Gasteiger partial charge in [-0.1, -0.05) is 79.5 Å². The lowest BCUT2D eigenvalue weighted by atomic mass is 9.99. The van der Waals surface area contributed by atoms with Gasteiger partial charge in [-0.2, -0.15) is 0 Å². The van der Waals surface area contributed by atoms with Gasteiger partial charge in [-0.05, 0) is 87.2 Å². The van der Waals surface area contributed by atoms with E-state index < -0.39 is 0 Å². The maximum Gasteiger partial charge on any atom is 0.204 e. The second-order valence-electron chi connectivity index (χ2n) is 11.2. The summed E-state index contributed by atoms with van der Waals surface area (Å²) in [7, 11) is 0. The number of nitrogens with zero attached hydrogens (tertiary/aromatic N) is 3. The van der Waals surface area contributed by atoms with Crippen LogP contribution in [-0.2, 0) is 17.8 Å². The fraction of sp³-hybridized carbons (Fsp3) is 0.647. The molecule has 1 saturated heterocycles. The van der Waals surface area contributed by atoms with Crippen molar-refractivity contribution in [1.82, 2.24) is 9.88 Å². The molecule has 1 aromatic heterocycles. The molecule has 0 radical (unpaired) electrons. The number of nitrogens with two attached hydrogens (primary N) is 1. The van der Waals surface area contributed by atoms with Gasteiger partial charge in [0, 0.05) is 31.4 Å². The Balaban J connectivity index is 0.000000638. The monoisotopic (exact) mass is 558 g/mol. The second-order valence-corrected chi connectivity index (χ2v) is 11.2. The van der Waals surface area contributed by atoms with Crippen molar-refractivity contribution in [3.8, 4) is 0 Å². The van der Waals surface area contributed by atoms with E-state index in [4.69, 9.17) is 4.79 Å². The molecular formula is C34H59FN4O. The molecule has 0 saturated carbocycles. The van der Waals surface area contributed by atoms with E-state index in [1.165, 1.54) is 49.0 Å². The van der Waals surface area contributed by atoms with Crippen LogP contribution < -0.4 is 10.6 Å². The number of hydrogen-bond acceptors (Lipinski definition) is 4. The number of benzene rings is 1. The van der Waals surface area contributed by atoms with Crippen molar-refractivity contribution >= 4 is 12.2 Å². The Morgan fingerprint density at radius 3 is 2.20 bits per heavy atom. The fourth-order valence-corrected chi connectivity index (χ4v) is 4.45. The zero-order chi connectivity index (χ0) is 30.5. The van der Waals surface area contributed by atoms with Crippen LogP contribution in [0, 0.1) is 31.5 Å². The van der Waals surface area contributed by atoms with E-state index >= 15 is 0 Å². The molecule has 0 bridgehead atoms. The third kappa shape index (κ3) is 15.4. The summed E-state index contributed by atoms with van der Waals surface area (Å²) < 4.78 is 13.7. The number of halogens is 1. The topological polar surface area (TPSA) is 62.5 Å². The van der Waals surface area contributed by atoms with Gasteiger partial charge < -0.3 is 10.6 Å². The number of aromatic nitrogens is 1. The van der Waals surface area contributed by atoms with Crippen LogP contribution in [0.5, 0.6) is 0 Å². The highest BCUT2D eigenvalue weighted by atomic mass is 19.1. The Morgan fingerprint density at radius 2 is 1.73 bits per heavy atom. The molecule has 5 nitrogen and oxygen atoms in total. The van der Waals surface area contributed by atoms with Crippen molar-refractivity contribution in [3.63, 3.8) is 0 Å².